The van der Waals surface area contributed by atoms with Crippen LogP contribution in [0.1, 0.15) is 24.2 Å². The van der Waals surface area contributed by atoms with Gasteiger partial charge in [-0.2, -0.15) is 0 Å². The fourth-order valence-corrected chi connectivity index (χ4v) is 1.57. The molecule has 0 saturated heterocycles. The number of hydrogen-bond donors (Lipinski definition) is 2. The third-order valence-electron chi connectivity index (χ3n) is 2.68. The summed E-state index contributed by atoms with van der Waals surface area (Å²) in [6.45, 7) is 6.00. The van der Waals surface area contributed by atoms with Crippen molar-refractivity contribution >= 4 is 11.9 Å². The summed E-state index contributed by atoms with van der Waals surface area (Å²) < 4.78 is 0. The van der Waals surface area contributed by atoms with Crippen LogP contribution in [0, 0.1) is 0 Å². The van der Waals surface area contributed by atoms with Crippen LogP contribution in [0.3, 0.4) is 0 Å². The van der Waals surface area contributed by atoms with E-state index in [0.717, 1.165) is 0 Å². The van der Waals surface area contributed by atoms with Gasteiger partial charge in [0.25, 0.3) is 5.91 Å². The number of nitrogens with one attached hydrogen (secondary N) is 2. The zero-order valence-electron chi connectivity index (χ0n) is 11.3. The average molecular weight is 264 g/mol. The molecule has 6 nitrogen and oxygen atoms in total. The molecule has 0 aromatic carbocycles. The first kappa shape index (κ1) is 14.9. The maximum atomic E-state index is 11.7. The lowest BCUT2D eigenvalue weighted by atomic mass is 10.2. The van der Waals surface area contributed by atoms with Gasteiger partial charge in [-0.3, -0.25) is 9.78 Å². The molecule has 1 heterocycles. The van der Waals surface area contributed by atoms with Crippen LogP contribution in [0.2, 0.25) is 0 Å². The minimum absolute atomic E-state index is 0.108. The largest absolute Gasteiger partial charge is 0.350 e. The second-order valence-corrected chi connectivity index (χ2v) is 3.90. The molecule has 0 saturated carbocycles. The maximum absolute atomic E-state index is 11.7. The summed E-state index contributed by atoms with van der Waals surface area (Å²) >= 11 is 0. The zero-order chi connectivity index (χ0) is 14.1. The highest BCUT2D eigenvalue weighted by atomic mass is 16.2. The molecule has 104 valence electrons. The minimum Gasteiger partial charge on any atom is -0.350 e. The van der Waals surface area contributed by atoms with Crippen molar-refractivity contribution in [1.82, 2.24) is 20.5 Å². The third kappa shape index (κ3) is 4.95. The Bertz CT molecular complexity index is 404. The van der Waals surface area contributed by atoms with Crippen molar-refractivity contribution in [3.63, 3.8) is 0 Å². The van der Waals surface area contributed by atoms with Crippen molar-refractivity contribution in [2.45, 2.75) is 13.8 Å². The number of hydrogen-bond acceptors (Lipinski definition) is 3. The maximum Gasteiger partial charge on any atom is 0.317 e. The number of carbonyl (C=O) groups excluding carboxylic acids is 2. The number of amides is 3. The van der Waals surface area contributed by atoms with E-state index in [1.54, 1.807) is 29.4 Å². The second-order valence-electron chi connectivity index (χ2n) is 3.90. The van der Waals surface area contributed by atoms with Gasteiger partial charge in [0.2, 0.25) is 0 Å². The number of pyridine rings is 1. The van der Waals surface area contributed by atoms with E-state index in [9.17, 15) is 9.59 Å². The standard InChI is InChI=1S/C13H20N4O2/c1-3-17(4-2)13(19)16-10-9-15-12(18)11-5-7-14-8-6-11/h5-8H,3-4,9-10H2,1-2H3,(H,15,18)(H,16,19). The van der Waals surface area contributed by atoms with Crippen molar-refractivity contribution in [3.05, 3.63) is 30.1 Å². The molecule has 0 radical (unpaired) electrons. The van der Waals surface area contributed by atoms with Gasteiger partial charge in [0.1, 0.15) is 0 Å². The van der Waals surface area contributed by atoms with Gasteiger partial charge in [-0.05, 0) is 26.0 Å². The Balaban J connectivity index is 2.24. The van der Waals surface area contributed by atoms with Crippen molar-refractivity contribution in [2.24, 2.45) is 0 Å². The van der Waals surface area contributed by atoms with E-state index in [1.807, 2.05) is 13.8 Å². The predicted octanol–water partition coefficient (Wildman–Crippen LogP) is 0.863. The van der Waals surface area contributed by atoms with Gasteiger partial charge in [0, 0.05) is 44.1 Å². The summed E-state index contributed by atoms with van der Waals surface area (Å²) in [4.78, 5) is 28.8. The number of aromatic nitrogens is 1. The molecule has 1 aromatic rings. The van der Waals surface area contributed by atoms with Gasteiger partial charge in [-0.25, -0.2) is 4.79 Å². The van der Waals surface area contributed by atoms with E-state index in [-0.39, 0.29) is 11.9 Å². The normalized spacial score (nSPS) is 9.79. The molecule has 0 spiro atoms. The Morgan fingerprint density at radius 1 is 1.11 bits per heavy atom. The summed E-state index contributed by atoms with van der Waals surface area (Å²) in [6, 6.07) is 3.18. The van der Waals surface area contributed by atoms with Crippen molar-refractivity contribution < 1.29 is 9.59 Å². The average Bonchev–Trinajstić information content (AvgIpc) is 2.45. The van der Waals surface area contributed by atoms with Crippen LogP contribution in [0.5, 0.6) is 0 Å². The Morgan fingerprint density at radius 3 is 2.26 bits per heavy atom. The summed E-state index contributed by atoms with van der Waals surface area (Å²) in [5, 5.41) is 5.48. The van der Waals surface area contributed by atoms with Crippen LogP contribution in [0.4, 0.5) is 4.79 Å². The van der Waals surface area contributed by atoms with E-state index in [1.165, 1.54) is 0 Å². The van der Waals surface area contributed by atoms with Crippen molar-refractivity contribution in [2.75, 3.05) is 26.2 Å². The molecule has 19 heavy (non-hydrogen) atoms. The Morgan fingerprint density at radius 2 is 1.68 bits per heavy atom. The van der Waals surface area contributed by atoms with Gasteiger partial charge in [0.15, 0.2) is 0 Å². The Kier molecular flexibility index (Phi) is 6.35. The van der Waals surface area contributed by atoms with Crippen LogP contribution in [-0.2, 0) is 0 Å². The van der Waals surface area contributed by atoms with E-state index >= 15 is 0 Å². The topological polar surface area (TPSA) is 74.3 Å². The van der Waals surface area contributed by atoms with Crippen LogP contribution in [0.25, 0.3) is 0 Å². The first-order chi connectivity index (χ1) is 9.19. The van der Waals surface area contributed by atoms with E-state index in [2.05, 4.69) is 15.6 Å². The highest BCUT2D eigenvalue weighted by Crippen LogP contribution is 1.94. The smallest absolute Gasteiger partial charge is 0.317 e. The molecule has 1 aromatic heterocycles. The summed E-state index contributed by atoms with van der Waals surface area (Å²) in [7, 11) is 0. The molecule has 0 aliphatic carbocycles. The van der Waals surface area contributed by atoms with Crippen LogP contribution < -0.4 is 10.6 Å². The lowest BCUT2D eigenvalue weighted by Crippen LogP contribution is -2.42. The number of rotatable bonds is 6. The van der Waals surface area contributed by atoms with Gasteiger partial charge in [-0.1, -0.05) is 0 Å². The number of carbonyl (C=O) groups is 2. The van der Waals surface area contributed by atoms with Crippen LogP contribution in [-0.4, -0.2) is 48.0 Å². The molecule has 1 rings (SSSR count). The highest BCUT2D eigenvalue weighted by molar-refractivity contribution is 5.93. The first-order valence-electron chi connectivity index (χ1n) is 6.40. The first-order valence-corrected chi connectivity index (χ1v) is 6.40. The van der Waals surface area contributed by atoms with Crippen molar-refractivity contribution in [3.8, 4) is 0 Å². The molecular formula is C13H20N4O2. The summed E-state index contributed by atoms with van der Waals surface area (Å²) in [6.07, 6.45) is 3.13. The van der Waals surface area contributed by atoms with E-state index in [0.29, 0.717) is 31.7 Å². The predicted molar refractivity (Wildman–Crippen MR) is 72.9 cm³/mol. The molecule has 0 atom stereocenters. The van der Waals surface area contributed by atoms with Crippen molar-refractivity contribution in [1.29, 1.82) is 0 Å². The minimum atomic E-state index is -0.167. The second kappa shape index (κ2) is 8.07. The number of nitrogens with zero attached hydrogens (tertiary/aromatic N) is 2. The Labute approximate surface area is 113 Å². The fraction of sp³-hybridized carbons (Fsp3) is 0.462. The monoisotopic (exact) mass is 264 g/mol. The SMILES string of the molecule is CCN(CC)C(=O)NCCNC(=O)c1ccncc1. The lowest BCUT2D eigenvalue weighted by Gasteiger charge is -2.19. The third-order valence-corrected chi connectivity index (χ3v) is 2.68. The summed E-state index contributed by atoms with van der Waals surface area (Å²) in [5.74, 6) is -0.167. The van der Waals surface area contributed by atoms with Gasteiger partial charge < -0.3 is 15.5 Å². The molecule has 0 aliphatic heterocycles. The lowest BCUT2D eigenvalue weighted by molar-refractivity contribution is 0.0953. The molecule has 2 N–H and O–H groups in total. The van der Waals surface area contributed by atoms with Crippen LogP contribution in [0.15, 0.2) is 24.5 Å². The van der Waals surface area contributed by atoms with E-state index < -0.39 is 0 Å². The van der Waals surface area contributed by atoms with Gasteiger partial charge in [0.05, 0.1) is 0 Å². The molecule has 0 bridgehead atoms. The van der Waals surface area contributed by atoms with Gasteiger partial charge in [-0.15, -0.1) is 0 Å². The quantitative estimate of drug-likeness (QED) is 0.748. The molecule has 0 fully saturated rings. The zero-order valence-corrected chi connectivity index (χ0v) is 11.3. The molecule has 0 unspecified atom stereocenters. The fourth-order valence-electron chi connectivity index (χ4n) is 1.57. The van der Waals surface area contributed by atoms with Gasteiger partial charge >= 0.3 is 6.03 Å². The Hall–Kier alpha value is -2.11. The van der Waals surface area contributed by atoms with Crippen LogP contribution >= 0.6 is 0 Å². The summed E-state index contributed by atoms with van der Waals surface area (Å²) in [5.41, 5.74) is 0.560. The molecule has 0 aliphatic rings. The molecule has 3 amide bonds. The molecule has 6 heteroatoms. The van der Waals surface area contributed by atoms with E-state index in [4.69, 9.17) is 0 Å². The highest BCUT2D eigenvalue weighted by Gasteiger charge is 2.08. The number of urea groups is 1. The molecular weight excluding hydrogens is 244 g/mol.